The van der Waals surface area contributed by atoms with Crippen LogP contribution >= 0.6 is 0 Å². The lowest BCUT2D eigenvalue weighted by Gasteiger charge is -2.14. The number of carbonyl (C=O) groups excluding carboxylic acids is 1. The maximum Gasteiger partial charge on any atom is 0.253 e. The number of sulfone groups is 1. The minimum Gasteiger partial charge on any atom is -0.384 e. The molecule has 0 radical (unpaired) electrons. The third kappa shape index (κ3) is 5.08. The van der Waals surface area contributed by atoms with Crippen molar-refractivity contribution in [1.29, 1.82) is 0 Å². The monoisotopic (exact) mass is 372 g/mol. The van der Waals surface area contributed by atoms with Gasteiger partial charge < -0.3 is 10.6 Å². The molecule has 0 bridgehead atoms. The van der Waals surface area contributed by atoms with Crippen LogP contribution in [0.2, 0.25) is 0 Å². The zero-order chi connectivity index (χ0) is 18.4. The number of hydrogen-bond donors (Lipinski definition) is 2. The van der Waals surface area contributed by atoms with Gasteiger partial charge in [0.15, 0.2) is 9.84 Å². The van der Waals surface area contributed by atoms with Gasteiger partial charge in [-0.25, -0.2) is 8.42 Å². The number of nitrogens with one attached hydrogen (secondary N) is 2. The highest BCUT2D eigenvalue weighted by Gasteiger charge is 2.27. The maximum absolute atomic E-state index is 12.5. The van der Waals surface area contributed by atoms with Gasteiger partial charge in [0.05, 0.1) is 17.1 Å². The Morgan fingerprint density at radius 2 is 1.77 bits per heavy atom. The third-order valence-corrected chi connectivity index (χ3v) is 6.46. The van der Waals surface area contributed by atoms with Crippen LogP contribution in [-0.4, -0.2) is 38.9 Å². The van der Waals surface area contributed by atoms with Crippen molar-refractivity contribution in [3.8, 4) is 0 Å². The van der Waals surface area contributed by atoms with Crippen LogP contribution in [0.5, 0.6) is 0 Å². The first-order valence-corrected chi connectivity index (χ1v) is 10.7. The smallest absolute Gasteiger partial charge is 0.253 e. The van der Waals surface area contributed by atoms with Crippen molar-refractivity contribution in [2.45, 2.75) is 12.8 Å². The third-order valence-electron chi connectivity index (χ3n) is 4.62. The van der Waals surface area contributed by atoms with E-state index in [1.54, 1.807) is 6.07 Å². The van der Waals surface area contributed by atoms with E-state index in [4.69, 9.17) is 0 Å². The van der Waals surface area contributed by atoms with Crippen LogP contribution in [0.3, 0.4) is 0 Å². The molecule has 1 unspecified atom stereocenters. The SMILES string of the molecule is O=C(NCCc1ccccc1)c1ccccc1NCC1CCS(=O)(=O)C1. The van der Waals surface area contributed by atoms with Crippen LogP contribution < -0.4 is 10.6 Å². The summed E-state index contributed by atoms with van der Waals surface area (Å²) in [6.07, 6.45) is 1.46. The summed E-state index contributed by atoms with van der Waals surface area (Å²) in [5.74, 6) is 0.476. The van der Waals surface area contributed by atoms with E-state index in [1.165, 1.54) is 5.56 Å². The zero-order valence-corrected chi connectivity index (χ0v) is 15.5. The minimum absolute atomic E-state index is 0.106. The van der Waals surface area contributed by atoms with Crippen molar-refractivity contribution in [1.82, 2.24) is 5.32 Å². The number of anilines is 1. The van der Waals surface area contributed by atoms with E-state index in [2.05, 4.69) is 10.6 Å². The number of carbonyl (C=O) groups is 1. The first kappa shape index (κ1) is 18.5. The van der Waals surface area contributed by atoms with Gasteiger partial charge in [-0.05, 0) is 36.5 Å². The number of rotatable bonds is 7. The molecular formula is C20H24N2O3S. The van der Waals surface area contributed by atoms with Crippen molar-refractivity contribution in [3.63, 3.8) is 0 Å². The van der Waals surface area contributed by atoms with Crippen LogP contribution in [0.15, 0.2) is 54.6 Å². The summed E-state index contributed by atoms with van der Waals surface area (Å²) in [7, 11) is -2.88. The molecule has 1 amide bonds. The van der Waals surface area contributed by atoms with Gasteiger partial charge in [0.25, 0.3) is 5.91 Å². The van der Waals surface area contributed by atoms with Gasteiger partial charge in [0.2, 0.25) is 0 Å². The lowest BCUT2D eigenvalue weighted by Crippen LogP contribution is -2.27. The summed E-state index contributed by atoms with van der Waals surface area (Å²) in [5.41, 5.74) is 2.51. The van der Waals surface area contributed by atoms with Crippen LogP contribution in [-0.2, 0) is 16.3 Å². The maximum atomic E-state index is 12.5. The number of amides is 1. The largest absolute Gasteiger partial charge is 0.384 e. The van der Waals surface area contributed by atoms with E-state index in [0.29, 0.717) is 25.1 Å². The van der Waals surface area contributed by atoms with Crippen LogP contribution in [0.25, 0.3) is 0 Å². The Morgan fingerprint density at radius 3 is 2.50 bits per heavy atom. The average Bonchev–Trinajstić information content (AvgIpc) is 3.00. The topological polar surface area (TPSA) is 75.3 Å². The summed E-state index contributed by atoms with van der Waals surface area (Å²) in [5, 5.41) is 6.21. The highest BCUT2D eigenvalue weighted by atomic mass is 32.2. The normalized spacial score (nSPS) is 18.4. The minimum atomic E-state index is -2.88. The molecule has 2 aromatic carbocycles. The van der Waals surface area contributed by atoms with E-state index >= 15 is 0 Å². The first-order chi connectivity index (χ1) is 12.5. The van der Waals surface area contributed by atoms with Crippen molar-refractivity contribution >= 4 is 21.4 Å². The number of benzene rings is 2. The van der Waals surface area contributed by atoms with Gasteiger partial charge in [-0.2, -0.15) is 0 Å². The van der Waals surface area contributed by atoms with E-state index in [9.17, 15) is 13.2 Å². The van der Waals surface area contributed by atoms with E-state index in [0.717, 1.165) is 12.1 Å². The molecule has 0 spiro atoms. The van der Waals surface area contributed by atoms with Crippen LogP contribution in [0.1, 0.15) is 22.3 Å². The molecule has 0 aromatic heterocycles. The lowest BCUT2D eigenvalue weighted by molar-refractivity contribution is 0.0955. The average molecular weight is 372 g/mol. The van der Waals surface area contributed by atoms with E-state index in [1.807, 2.05) is 48.5 Å². The molecule has 2 aromatic rings. The molecule has 0 aliphatic carbocycles. The van der Waals surface area contributed by atoms with Gasteiger partial charge in [-0.3, -0.25) is 4.79 Å². The molecule has 138 valence electrons. The summed E-state index contributed by atoms with van der Waals surface area (Å²) >= 11 is 0. The molecule has 0 saturated carbocycles. The Bertz CT molecular complexity index is 850. The second-order valence-corrected chi connectivity index (χ2v) is 8.92. The standard InChI is InChI=1S/C20H24N2O3S/c23-20(21-12-10-16-6-2-1-3-7-16)18-8-4-5-9-19(18)22-14-17-11-13-26(24,25)15-17/h1-9,17,22H,10-15H2,(H,21,23). The fourth-order valence-corrected chi connectivity index (χ4v) is 5.04. The number of para-hydroxylation sites is 1. The van der Waals surface area contributed by atoms with E-state index < -0.39 is 9.84 Å². The molecule has 5 nitrogen and oxygen atoms in total. The predicted molar refractivity (Wildman–Crippen MR) is 104 cm³/mol. The summed E-state index contributed by atoms with van der Waals surface area (Å²) < 4.78 is 23.1. The van der Waals surface area contributed by atoms with Crippen molar-refractivity contribution in [2.75, 3.05) is 29.9 Å². The molecule has 1 aliphatic rings. The van der Waals surface area contributed by atoms with Crippen molar-refractivity contribution < 1.29 is 13.2 Å². The second kappa shape index (κ2) is 8.36. The van der Waals surface area contributed by atoms with E-state index in [-0.39, 0.29) is 23.3 Å². The summed E-state index contributed by atoms with van der Waals surface area (Å²) in [6, 6.07) is 17.4. The molecule has 1 saturated heterocycles. The van der Waals surface area contributed by atoms with Crippen LogP contribution in [0.4, 0.5) is 5.69 Å². The second-order valence-electron chi connectivity index (χ2n) is 6.69. The first-order valence-electron chi connectivity index (χ1n) is 8.89. The summed E-state index contributed by atoms with van der Waals surface area (Å²) in [6.45, 7) is 1.13. The molecule has 2 N–H and O–H groups in total. The molecule has 3 rings (SSSR count). The fraction of sp³-hybridized carbons (Fsp3) is 0.350. The van der Waals surface area contributed by atoms with Crippen molar-refractivity contribution in [3.05, 3.63) is 65.7 Å². The Kier molecular flexibility index (Phi) is 5.93. The van der Waals surface area contributed by atoms with Crippen LogP contribution in [0, 0.1) is 5.92 Å². The van der Waals surface area contributed by atoms with Gasteiger partial charge >= 0.3 is 0 Å². The molecular weight excluding hydrogens is 348 g/mol. The molecule has 1 atom stereocenters. The lowest BCUT2D eigenvalue weighted by atomic mass is 10.1. The molecule has 26 heavy (non-hydrogen) atoms. The van der Waals surface area contributed by atoms with Crippen molar-refractivity contribution in [2.24, 2.45) is 5.92 Å². The quantitative estimate of drug-likeness (QED) is 0.783. The van der Waals surface area contributed by atoms with Gasteiger partial charge in [0.1, 0.15) is 0 Å². The molecule has 1 heterocycles. The van der Waals surface area contributed by atoms with Gasteiger partial charge in [-0.15, -0.1) is 0 Å². The van der Waals surface area contributed by atoms with Gasteiger partial charge in [0, 0.05) is 18.8 Å². The Labute approximate surface area is 154 Å². The summed E-state index contributed by atoms with van der Waals surface area (Å²) in [4.78, 5) is 12.5. The highest BCUT2D eigenvalue weighted by Crippen LogP contribution is 2.21. The Balaban J connectivity index is 1.55. The van der Waals surface area contributed by atoms with Gasteiger partial charge in [-0.1, -0.05) is 42.5 Å². The Hall–Kier alpha value is -2.34. The molecule has 1 fully saturated rings. The fourth-order valence-electron chi connectivity index (χ4n) is 3.18. The zero-order valence-electron chi connectivity index (χ0n) is 14.6. The Morgan fingerprint density at radius 1 is 1.04 bits per heavy atom. The number of hydrogen-bond acceptors (Lipinski definition) is 4. The highest BCUT2D eigenvalue weighted by molar-refractivity contribution is 7.91. The molecule has 1 aliphatic heterocycles. The predicted octanol–water partition coefficient (Wildman–Crippen LogP) is 2.51. The molecule has 6 heteroatoms.